The van der Waals surface area contributed by atoms with E-state index in [9.17, 15) is 14.7 Å². The molecular formula is C12H24N2O5. The van der Waals surface area contributed by atoms with Crippen molar-refractivity contribution in [3.63, 3.8) is 0 Å². The topological polar surface area (TPSA) is 111 Å². The summed E-state index contributed by atoms with van der Waals surface area (Å²) in [4.78, 5) is 23.2. The summed E-state index contributed by atoms with van der Waals surface area (Å²) in [6.45, 7) is 4.98. The monoisotopic (exact) mass is 276 g/mol. The molecule has 0 aromatic carbocycles. The average molecular weight is 276 g/mol. The fraction of sp³-hybridized carbons (Fsp3) is 0.833. The maximum Gasteiger partial charge on any atom is 0.329 e. The highest BCUT2D eigenvalue weighted by atomic mass is 16.6. The number of hydrogen-bond acceptors (Lipinski definition) is 6. The molecule has 2 unspecified atom stereocenters. The second kappa shape index (κ2) is 8.08. The highest BCUT2D eigenvalue weighted by Gasteiger charge is 2.26. The number of hydrogen-bond donors (Lipinski definition) is 3. The number of nitrogens with two attached hydrogens (primary N) is 1. The van der Waals surface area contributed by atoms with Crippen molar-refractivity contribution in [2.24, 2.45) is 5.73 Å². The van der Waals surface area contributed by atoms with Gasteiger partial charge in [-0.3, -0.25) is 4.79 Å². The minimum atomic E-state index is -0.986. The smallest absolute Gasteiger partial charge is 0.329 e. The molecule has 0 aliphatic heterocycles. The van der Waals surface area contributed by atoms with E-state index in [0.29, 0.717) is 0 Å². The normalized spacial score (nSPS) is 14.6. The standard InChI is InChI=1S/C12H24N2O5/c1-12(2,3)19-11(17)8(14-9(15)7-13)5-6-10(16)18-4/h8,10,16H,5-7,13H2,1-4H3,(H,14,15). The Kier molecular flexibility index (Phi) is 7.58. The van der Waals surface area contributed by atoms with Gasteiger partial charge in [0, 0.05) is 13.5 Å². The van der Waals surface area contributed by atoms with Crippen LogP contribution in [0.25, 0.3) is 0 Å². The number of ether oxygens (including phenoxy) is 2. The van der Waals surface area contributed by atoms with Crippen LogP contribution < -0.4 is 11.1 Å². The lowest BCUT2D eigenvalue weighted by atomic mass is 10.1. The molecule has 0 radical (unpaired) electrons. The second-order valence-corrected chi connectivity index (χ2v) is 5.13. The minimum Gasteiger partial charge on any atom is -0.458 e. The Balaban J connectivity index is 4.56. The Morgan fingerprint density at radius 2 is 1.89 bits per heavy atom. The van der Waals surface area contributed by atoms with Gasteiger partial charge in [-0.2, -0.15) is 0 Å². The fourth-order valence-corrected chi connectivity index (χ4v) is 1.30. The van der Waals surface area contributed by atoms with Crippen molar-refractivity contribution >= 4 is 11.9 Å². The Labute approximate surface area is 113 Å². The lowest BCUT2D eigenvalue weighted by molar-refractivity contribution is -0.159. The van der Waals surface area contributed by atoms with Gasteiger partial charge in [0.05, 0.1) is 6.54 Å². The summed E-state index contributed by atoms with van der Waals surface area (Å²) in [7, 11) is 1.35. The molecule has 0 fully saturated rings. The molecule has 0 spiro atoms. The van der Waals surface area contributed by atoms with E-state index in [1.807, 2.05) is 0 Å². The number of methoxy groups -OCH3 is 1. The number of rotatable bonds is 7. The van der Waals surface area contributed by atoms with Crippen molar-refractivity contribution in [1.29, 1.82) is 0 Å². The summed E-state index contributed by atoms with van der Waals surface area (Å²) >= 11 is 0. The highest BCUT2D eigenvalue weighted by molar-refractivity contribution is 5.85. The predicted molar refractivity (Wildman–Crippen MR) is 69.1 cm³/mol. The van der Waals surface area contributed by atoms with E-state index >= 15 is 0 Å². The number of esters is 1. The lowest BCUT2D eigenvalue weighted by Gasteiger charge is -2.25. The molecule has 1 amide bonds. The van der Waals surface area contributed by atoms with Gasteiger partial charge in [-0.15, -0.1) is 0 Å². The number of aliphatic hydroxyl groups is 1. The SMILES string of the molecule is COC(O)CCC(NC(=O)CN)C(=O)OC(C)(C)C. The first kappa shape index (κ1) is 17.8. The van der Waals surface area contributed by atoms with Gasteiger partial charge in [0.15, 0.2) is 6.29 Å². The van der Waals surface area contributed by atoms with Crippen molar-refractivity contribution in [2.45, 2.75) is 51.5 Å². The quantitative estimate of drug-likeness (QED) is 0.428. The van der Waals surface area contributed by atoms with Crippen LogP contribution in [0.4, 0.5) is 0 Å². The maximum absolute atomic E-state index is 11.9. The van der Waals surface area contributed by atoms with E-state index in [1.54, 1.807) is 20.8 Å². The third-order valence-corrected chi connectivity index (χ3v) is 2.19. The van der Waals surface area contributed by atoms with Crippen LogP contribution in [0, 0.1) is 0 Å². The number of carbonyl (C=O) groups is 2. The molecular weight excluding hydrogens is 252 g/mol. The molecule has 0 heterocycles. The van der Waals surface area contributed by atoms with Gasteiger partial charge < -0.3 is 25.6 Å². The Morgan fingerprint density at radius 3 is 2.32 bits per heavy atom. The first-order valence-electron chi connectivity index (χ1n) is 6.12. The van der Waals surface area contributed by atoms with Crippen LogP contribution >= 0.6 is 0 Å². The Bertz CT molecular complexity index is 301. The molecule has 0 rings (SSSR count). The summed E-state index contributed by atoms with van der Waals surface area (Å²) < 4.78 is 9.87. The molecule has 7 nitrogen and oxygen atoms in total. The summed E-state index contributed by atoms with van der Waals surface area (Å²) in [5.41, 5.74) is 4.54. The van der Waals surface area contributed by atoms with E-state index in [4.69, 9.17) is 10.5 Å². The molecule has 7 heteroatoms. The summed E-state index contributed by atoms with van der Waals surface area (Å²) in [5, 5.41) is 11.8. The zero-order valence-electron chi connectivity index (χ0n) is 11.9. The van der Waals surface area contributed by atoms with E-state index in [1.165, 1.54) is 7.11 Å². The molecule has 2 atom stereocenters. The lowest BCUT2D eigenvalue weighted by Crippen LogP contribution is -2.46. The summed E-state index contributed by atoms with van der Waals surface area (Å²) in [6.07, 6.45) is -0.583. The molecule has 4 N–H and O–H groups in total. The Hall–Kier alpha value is -1.18. The van der Waals surface area contributed by atoms with Crippen LogP contribution in [0.2, 0.25) is 0 Å². The van der Waals surface area contributed by atoms with Crippen LogP contribution in [0.1, 0.15) is 33.6 Å². The number of nitrogens with one attached hydrogen (secondary N) is 1. The van der Waals surface area contributed by atoms with Gasteiger partial charge in [-0.25, -0.2) is 4.79 Å². The van der Waals surface area contributed by atoms with E-state index in [2.05, 4.69) is 10.1 Å². The third kappa shape index (κ3) is 8.52. The van der Waals surface area contributed by atoms with Crippen molar-refractivity contribution < 1.29 is 24.2 Å². The van der Waals surface area contributed by atoms with Gasteiger partial charge in [0.2, 0.25) is 5.91 Å². The number of aliphatic hydroxyl groups excluding tert-OH is 1. The van der Waals surface area contributed by atoms with E-state index in [0.717, 1.165) is 0 Å². The molecule has 19 heavy (non-hydrogen) atoms. The molecule has 0 aliphatic carbocycles. The van der Waals surface area contributed by atoms with Gasteiger partial charge in [-0.05, 0) is 27.2 Å². The summed E-state index contributed by atoms with van der Waals surface area (Å²) in [5.74, 6) is -1.01. The minimum absolute atomic E-state index is 0.200. The van der Waals surface area contributed by atoms with Crippen molar-refractivity contribution in [3.8, 4) is 0 Å². The second-order valence-electron chi connectivity index (χ2n) is 5.13. The zero-order chi connectivity index (χ0) is 15.1. The predicted octanol–water partition coefficient (Wildman–Crippen LogP) is -0.483. The van der Waals surface area contributed by atoms with Crippen LogP contribution in [-0.2, 0) is 19.1 Å². The average Bonchev–Trinajstić information content (AvgIpc) is 2.31. The number of amides is 1. The van der Waals surface area contributed by atoms with Gasteiger partial charge in [0.1, 0.15) is 11.6 Å². The van der Waals surface area contributed by atoms with E-state index < -0.39 is 29.8 Å². The fourth-order valence-electron chi connectivity index (χ4n) is 1.30. The van der Waals surface area contributed by atoms with Gasteiger partial charge in [-0.1, -0.05) is 0 Å². The molecule has 0 saturated carbocycles. The number of carbonyl (C=O) groups excluding carboxylic acids is 2. The van der Waals surface area contributed by atoms with Crippen molar-refractivity contribution in [1.82, 2.24) is 5.32 Å². The molecule has 0 saturated heterocycles. The van der Waals surface area contributed by atoms with Crippen LogP contribution in [0.15, 0.2) is 0 Å². The van der Waals surface area contributed by atoms with Gasteiger partial charge in [0.25, 0.3) is 0 Å². The first-order valence-corrected chi connectivity index (χ1v) is 6.12. The highest BCUT2D eigenvalue weighted by Crippen LogP contribution is 2.11. The zero-order valence-corrected chi connectivity index (χ0v) is 11.9. The first-order chi connectivity index (χ1) is 8.69. The van der Waals surface area contributed by atoms with Crippen LogP contribution in [-0.4, -0.2) is 48.6 Å². The molecule has 0 bridgehead atoms. The Morgan fingerprint density at radius 1 is 1.32 bits per heavy atom. The van der Waals surface area contributed by atoms with Crippen LogP contribution in [0.5, 0.6) is 0 Å². The summed E-state index contributed by atoms with van der Waals surface area (Å²) in [6, 6.07) is -0.847. The van der Waals surface area contributed by atoms with Gasteiger partial charge >= 0.3 is 5.97 Å². The molecule has 0 aromatic rings. The van der Waals surface area contributed by atoms with E-state index in [-0.39, 0.29) is 19.4 Å². The molecule has 0 aromatic heterocycles. The van der Waals surface area contributed by atoms with Crippen molar-refractivity contribution in [3.05, 3.63) is 0 Å². The van der Waals surface area contributed by atoms with Crippen LogP contribution in [0.3, 0.4) is 0 Å². The third-order valence-electron chi connectivity index (χ3n) is 2.19. The van der Waals surface area contributed by atoms with Crippen molar-refractivity contribution in [2.75, 3.05) is 13.7 Å². The molecule has 0 aliphatic rings. The maximum atomic E-state index is 11.9. The molecule has 112 valence electrons. The largest absolute Gasteiger partial charge is 0.458 e.